The number of hydrogen-bond donors (Lipinski definition) is 2. The Kier molecular flexibility index (Phi) is 6.72. The van der Waals surface area contributed by atoms with Crippen molar-refractivity contribution in [2.75, 3.05) is 50.8 Å². The molecule has 1 aromatic rings. The van der Waals surface area contributed by atoms with E-state index in [0.29, 0.717) is 44.0 Å². The number of rotatable bonds is 5. The molecule has 4 bridgehead atoms. The number of aliphatic hydroxyl groups excluding tert-OH is 1. The van der Waals surface area contributed by atoms with Gasteiger partial charge in [0.2, 0.25) is 5.91 Å². The lowest BCUT2D eigenvalue weighted by Gasteiger charge is -2.58. The molecule has 2 saturated heterocycles. The SMILES string of the molecule is CCOc1ccccc1N1CCN(C(=O)N2CCCC(NC(=O)C34CC5CC(C3)C(O)C(C5)C4)C2)CC1. The van der Waals surface area contributed by atoms with Gasteiger partial charge in [0.05, 0.1) is 23.8 Å². The van der Waals surface area contributed by atoms with Crippen molar-refractivity contribution >= 4 is 17.6 Å². The minimum atomic E-state index is -0.296. The van der Waals surface area contributed by atoms with Gasteiger partial charge in [0.15, 0.2) is 0 Å². The maximum absolute atomic E-state index is 13.6. The van der Waals surface area contributed by atoms with Gasteiger partial charge in [-0.15, -0.1) is 0 Å². The quantitative estimate of drug-likeness (QED) is 0.636. The number of carbonyl (C=O) groups is 2. The van der Waals surface area contributed by atoms with Gasteiger partial charge in [-0.05, 0) is 81.8 Å². The first kappa shape index (κ1) is 24.8. The van der Waals surface area contributed by atoms with E-state index in [9.17, 15) is 14.7 Å². The van der Waals surface area contributed by atoms with Crippen LogP contribution in [0.3, 0.4) is 0 Å². The summed E-state index contributed by atoms with van der Waals surface area (Å²) >= 11 is 0. The minimum Gasteiger partial charge on any atom is -0.492 e. The molecule has 7 rings (SSSR count). The molecule has 2 N–H and O–H groups in total. The summed E-state index contributed by atoms with van der Waals surface area (Å²) in [5.41, 5.74) is 0.797. The lowest BCUT2D eigenvalue weighted by molar-refractivity contribution is -0.163. The number of amides is 3. The number of anilines is 1. The number of piperidine rings is 1. The van der Waals surface area contributed by atoms with E-state index < -0.39 is 0 Å². The van der Waals surface area contributed by atoms with Gasteiger partial charge in [0.25, 0.3) is 0 Å². The number of aliphatic hydroxyl groups is 1. The van der Waals surface area contributed by atoms with Crippen molar-refractivity contribution in [3.8, 4) is 5.75 Å². The largest absolute Gasteiger partial charge is 0.492 e. The first-order chi connectivity index (χ1) is 18.0. The van der Waals surface area contributed by atoms with Gasteiger partial charge in [0.1, 0.15) is 5.75 Å². The van der Waals surface area contributed by atoms with Gasteiger partial charge in [-0.1, -0.05) is 12.1 Å². The molecule has 0 aromatic heterocycles. The van der Waals surface area contributed by atoms with Crippen LogP contribution in [-0.4, -0.2) is 84.9 Å². The monoisotopic (exact) mass is 510 g/mol. The summed E-state index contributed by atoms with van der Waals surface area (Å²) in [6.07, 6.45) is 6.44. The Hall–Kier alpha value is -2.48. The fourth-order valence-electron chi connectivity index (χ4n) is 8.22. The molecule has 202 valence electrons. The highest BCUT2D eigenvalue weighted by molar-refractivity contribution is 5.83. The van der Waals surface area contributed by atoms with Crippen LogP contribution in [0.5, 0.6) is 5.75 Å². The standard InChI is InChI=1S/C29H42N4O4/c1-2-37-25-8-4-3-7-24(25)31-10-12-32(13-11-31)28(36)33-9-5-6-23(19-33)30-27(35)29-16-20-14-21(17-29)26(34)22(15-20)18-29/h3-4,7-8,20-23,26,34H,2,5-6,9-19H2,1H3,(H,30,35). The molecule has 37 heavy (non-hydrogen) atoms. The first-order valence-corrected chi connectivity index (χ1v) is 14.5. The number of likely N-dealkylation sites (tertiary alicyclic amines) is 1. The Morgan fingerprint density at radius 3 is 2.49 bits per heavy atom. The number of ether oxygens (including phenoxy) is 1. The van der Waals surface area contributed by atoms with E-state index in [0.717, 1.165) is 76.0 Å². The van der Waals surface area contributed by atoms with E-state index in [1.165, 1.54) is 0 Å². The summed E-state index contributed by atoms with van der Waals surface area (Å²) in [4.78, 5) is 33.2. The third-order valence-electron chi connectivity index (χ3n) is 9.79. The third kappa shape index (κ3) is 4.66. The lowest BCUT2D eigenvalue weighted by atomic mass is 9.48. The minimum absolute atomic E-state index is 0.0162. The van der Waals surface area contributed by atoms with Gasteiger partial charge >= 0.3 is 6.03 Å². The van der Waals surface area contributed by atoms with E-state index in [1.54, 1.807) is 0 Å². The molecule has 3 unspecified atom stereocenters. The van der Waals surface area contributed by atoms with E-state index in [1.807, 2.05) is 34.9 Å². The third-order valence-corrected chi connectivity index (χ3v) is 9.79. The van der Waals surface area contributed by atoms with Gasteiger partial charge in [-0.2, -0.15) is 0 Å². The zero-order valence-corrected chi connectivity index (χ0v) is 22.1. The van der Waals surface area contributed by atoms with Crippen molar-refractivity contribution in [1.29, 1.82) is 0 Å². The molecule has 2 aliphatic heterocycles. The Bertz CT molecular complexity index is 993. The maximum atomic E-state index is 13.6. The number of para-hydroxylation sites is 2. The number of hydrogen-bond acceptors (Lipinski definition) is 5. The molecule has 8 heteroatoms. The molecule has 6 aliphatic rings. The highest BCUT2D eigenvalue weighted by Gasteiger charge is 2.58. The summed E-state index contributed by atoms with van der Waals surface area (Å²) in [7, 11) is 0. The summed E-state index contributed by atoms with van der Waals surface area (Å²) in [5.74, 6) is 2.25. The average molecular weight is 511 g/mol. The average Bonchev–Trinajstić information content (AvgIpc) is 2.91. The van der Waals surface area contributed by atoms with Crippen molar-refractivity contribution in [1.82, 2.24) is 15.1 Å². The highest BCUT2D eigenvalue weighted by atomic mass is 16.5. The van der Waals surface area contributed by atoms with Gasteiger partial charge in [-0.3, -0.25) is 4.79 Å². The smallest absolute Gasteiger partial charge is 0.320 e. The Morgan fingerprint density at radius 2 is 1.76 bits per heavy atom. The van der Waals surface area contributed by atoms with Gasteiger partial charge in [0, 0.05) is 45.3 Å². The van der Waals surface area contributed by atoms with Crippen LogP contribution in [-0.2, 0) is 4.79 Å². The number of carbonyl (C=O) groups excluding carboxylic acids is 2. The van der Waals surface area contributed by atoms with Crippen molar-refractivity contribution in [3.63, 3.8) is 0 Å². The normalized spacial score (nSPS) is 35.0. The summed E-state index contributed by atoms with van der Waals surface area (Å²) in [6.45, 7) is 6.89. The van der Waals surface area contributed by atoms with Crippen molar-refractivity contribution in [3.05, 3.63) is 24.3 Å². The highest BCUT2D eigenvalue weighted by Crippen LogP contribution is 2.60. The fraction of sp³-hybridized carbons (Fsp3) is 0.724. The molecule has 3 amide bonds. The predicted molar refractivity (Wildman–Crippen MR) is 142 cm³/mol. The number of nitrogens with zero attached hydrogens (tertiary/aromatic N) is 3. The second kappa shape index (κ2) is 10.0. The van der Waals surface area contributed by atoms with E-state index >= 15 is 0 Å². The van der Waals surface area contributed by atoms with Crippen LogP contribution in [0.4, 0.5) is 10.5 Å². The summed E-state index contributed by atoms with van der Waals surface area (Å²) in [6, 6.07) is 8.22. The second-order valence-electron chi connectivity index (χ2n) is 12.2. The fourth-order valence-corrected chi connectivity index (χ4v) is 8.22. The molecule has 1 aromatic carbocycles. The Labute approximate surface area is 220 Å². The number of nitrogens with one attached hydrogen (secondary N) is 1. The van der Waals surface area contributed by atoms with E-state index in [2.05, 4.69) is 16.3 Å². The topological polar surface area (TPSA) is 85.4 Å². The number of piperazine rings is 1. The van der Waals surface area contributed by atoms with Gasteiger partial charge < -0.3 is 29.9 Å². The Balaban J connectivity index is 1.03. The van der Waals surface area contributed by atoms with Crippen molar-refractivity contribution in [2.24, 2.45) is 23.2 Å². The molecular formula is C29H42N4O4. The molecule has 4 aliphatic carbocycles. The van der Waals surface area contributed by atoms with Crippen LogP contribution in [0.2, 0.25) is 0 Å². The molecule has 2 heterocycles. The van der Waals surface area contributed by atoms with Crippen LogP contribution in [0.15, 0.2) is 24.3 Å². The predicted octanol–water partition coefficient (Wildman–Crippen LogP) is 3.10. The summed E-state index contributed by atoms with van der Waals surface area (Å²) in [5, 5.41) is 14.0. The van der Waals surface area contributed by atoms with Gasteiger partial charge in [-0.25, -0.2) is 4.79 Å². The van der Waals surface area contributed by atoms with Crippen LogP contribution < -0.4 is 15.0 Å². The lowest BCUT2D eigenvalue weighted by Crippen LogP contribution is -2.61. The maximum Gasteiger partial charge on any atom is 0.320 e. The van der Waals surface area contributed by atoms with Crippen LogP contribution in [0, 0.1) is 23.2 Å². The van der Waals surface area contributed by atoms with E-state index in [-0.39, 0.29) is 29.5 Å². The number of benzene rings is 1. The number of urea groups is 1. The zero-order valence-electron chi connectivity index (χ0n) is 22.1. The Morgan fingerprint density at radius 1 is 1.03 bits per heavy atom. The van der Waals surface area contributed by atoms with Crippen LogP contribution in [0.25, 0.3) is 0 Å². The molecule has 0 radical (unpaired) electrons. The molecule has 8 nitrogen and oxygen atoms in total. The molecule has 0 spiro atoms. The zero-order chi connectivity index (χ0) is 25.6. The molecule has 4 saturated carbocycles. The van der Waals surface area contributed by atoms with E-state index in [4.69, 9.17) is 4.74 Å². The van der Waals surface area contributed by atoms with Crippen LogP contribution in [0.1, 0.15) is 51.9 Å². The molecular weight excluding hydrogens is 468 g/mol. The molecule has 6 fully saturated rings. The van der Waals surface area contributed by atoms with Crippen molar-refractivity contribution in [2.45, 2.75) is 64.0 Å². The van der Waals surface area contributed by atoms with Crippen LogP contribution >= 0.6 is 0 Å². The van der Waals surface area contributed by atoms with Crippen molar-refractivity contribution < 1.29 is 19.4 Å². The summed E-state index contributed by atoms with van der Waals surface area (Å²) < 4.78 is 5.81. The molecule has 3 atom stereocenters. The second-order valence-corrected chi connectivity index (χ2v) is 12.2. The first-order valence-electron chi connectivity index (χ1n) is 14.5.